The zero-order valence-corrected chi connectivity index (χ0v) is 12.2. The van der Waals surface area contributed by atoms with E-state index >= 15 is 0 Å². The summed E-state index contributed by atoms with van der Waals surface area (Å²) >= 11 is 0. The third-order valence-corrected chi connectivity index (χ3v) is 3.56. The second-order valence-electron chi connectivity index (χ2n) is 5.24. The van der Waals surface area contributed by atoms with Gasteiger partial charge in [-0.2, -0.15) is 0 Å². The molecule has 2 aromatic carbocycles. The molecule has 0 aliphatic rings. The van der Waals surface area contributed by atoms with E-state index in [1.807, 2.05) is 37.3 Å². The van der Waals surface area contributed by atoms with Crippen molar-refractivity contribution in [3.05, 3.63) is 71.7 Å². The van der Waals surface area contributed by atoms with Gasteiger partial charge in [0.15, 0.2) is 0 Å². The average Bonchev–Trinajstić information content (AvgIpc) is 2.93. The topological polar surface area (TPSA) is 42.2 Å². The number of nitrogens with one attached hydrogen (secondary N) is 1. The van der Waals surface area contributed by atoms with Gasteiger partial charge >= 0.3 is 0 Å². The first kappa shape index (κ1) is 14.3. The number of para-hydroxylation sites is 1. The number of fused-ring (bicyclic) bond motifs is 1. The molecule has 1 amide bonds. The van der Waals surface area contributed by atoms with Gasteiger partial charge in [0.1, 0.15) is 17.2 Å². The lowest BCUT2D eigenvalue weighted by Gasteiger charge is -2.11. The summed E-state index contributed by atoms with van der Waals surface area (Å²) in [7, 11) is 0. The molecule has 0 fully saturated rings. The Labute approximate surface area is 127 Å². The fraction of sp³-hybridized carbons (Fsp3) is 0.167. The number of hydrogen-bond acceptors (Lipinski definition) is 2. The first-order valence-corrected chi connectivity index (χ1v) is 7.15. The molecule has 3 rings (SSSR count). The SMILES string of the molecule is CC(NC(=O)Cc1ccccc1F)c1cc2ccccc2o1. The van der Waals surface area contributed by atoms with Gasteiger partial charge < -0.3 is 9.73 Å². The molecule has 0 saturated carbocycles. The van der Waals surface area contributed by atoms with Gasteiger partial charge in [-0.3, -0.25) is 4.79 Å². The summed E-state index contributed by atoms with van der Waals surface area (Å²) in [6.07, 6.45) is 0.0112. The van der Waals surface area contributed by atoms with Crippen molar-refractivity contribution in [3.63, 3.8) is 0 Å². The third kappa shape index (κ3) is 3.01. The lowest BCUT2D eigenvalue weighted by Crippen LogP contribution is -2.28. The number of halogens is 1. The normalized spacial score (nSPS) is 12.3. The van der Waals surface area contributed by atoms with Crippen LogP contribution < -0.4 is 5.32 Å². The van der Waals surface area contributed by atoms with Crippen molar-refractivity contribution in [2.75, 3.05) is 0 Å². The minimum absolute atomic E-state index is 0.0112. The molecule has 1 N–H and O–H groups in total. The first-order valence-electron chi connectivity index (χ1n) is 7.15. The molecule has 0 spiro atoms. The van der Waals surface area contributed by atoms with Gasteiger partial charge in [-0.25, -0.2) is 4.39 Å². The van der Waals surface area contributed by atoms with Gasteiger partial charge in [0.2, 0.25) is 5.91 Å². The molecule has 112 valence electrons. The van der Waals surface area contributed by atoms with Gasteiger partial charge in [-0.15, -0.1) is 0 Å². The molecule has 1 heterocycles. The minimum Gasteiger partial charge on any atom is -0.459 e. The highest BCUT2D eigenvalue weighted by atomic mass is 19.1. The van der Waals surface area contributed by atoms with Crippen LogP contribution >= 0.6 is 0 Å². The molecule has 0 aliphatic heterocycles. The molecule has 0 radical (unpaired) electrons. The van der Waals surface area contributed by atoms with Crippen molar-refractivity contribution in [1.82, 2.24) is 5.32 Å². The second kappa shape index (κ2) is 6.02. The minimum atomic E-state index is -0.367. The summed E-state index contributed by atoms with van der Waals surface area (Å²) in [6.45, 7) is 1.84. The van der Waals surface area contributed by atoms with E-state index in [2.05, 4.69) is 5.32 Å². The molecule has 1 atom stereocenters. The van der Waals surface area contributed by atoms with Crippen LogP contribution in [0.2, 0.25) is 0 Å². The predicted octanol–water partition coefficient (Wildman–Crippen LogP) is 3.99. The Hall–Kier alpha value is -2.62. The van der Waals surface area contributed by atoms with Crippen molar-refractivity contribution >= 4 is 16.9 Å². The van der Waals surface area contributed by atoms with Gasteiger partial charge in [0.25, 0.3) is 0 Å². The Morgan fingerprint density at radius 2 is 1.91 bits per heavy atom. The molecular formula is C18H16FNO2. The largest absolute Gasteiger partial charge is 0.459 e. The summed E-state index contributed by atoms with van der Waals surface area (Å²) < 4.78 is 19.3. The van der Waals surface area contributed by atoms with Crippen LogP contribution in [0.3, 0.4) is 0 Å². The van der Waals surface area contributed by atoms with E-state index in [1.54, 1.807) is 18.2 Å². The summed E-state index contributed by atoms with van der Waals surface area (Å²) in [5.41, 5.74) is 1.17. The zero-order valence-electron chi connectivity index (χ0n) is 12.2. The number of rotatable bonds is 4. The van der Waals surface area contributed by atoms with Crippen LogP contribution in [0.15, 0.2) is 59.0 Å². The van der Waals surface area contributed by atoms with Crippen molar-refractivity contribution < 1.29 is 13.6 Å². The van der Waals surface area contributed by atoms with Crippen LogP contribution in [0, 0.1) is 5.82 Å². The number of furan rings is 1. The molecular weight excluding hydrogens is 281 g/mol. The van der Waals surface area contributed by atoms with E-state index in [1.165, 1.54) is 6.07 Å². The predicted molar refractivity (Wildman–Crippen MR) is 82.9 cm³/mol. The molecule has 0 bridgehead atoms. The van der Waals surface area contributed by atoms with Crippen LogP contribution in [0.25, 0.3) is 11.0 Å². The van der Waals surface area contributed by atoms with E-state index in [9.17, 15) is 9.18 Å². The van der Waals surface area contributed by atoms with Gasteiger partial charge in [0.05, 0.1) is 12.5 Å². The Bertz CT molecular complexity index is 776. The van der Waals surface area contributed by atoms with E-state index in [-0.39, 0.29) is 24.2 Å². The molecule has 3 aromatic rings. The standard InChI is InChI=1S/C18H16FNO2/c1-12(17-10-14-7-3-5-9-16(14)22-17)20-18(21)11-13-6-2-4-8-15(13)19/h2-10,12H,11H2,1H3,(H,20,21). The number of carbonyl (C=O) groups excluding carboxylic acids is 1. The van der Waals surface area contributed by atoms with Crippen LogP contribution in [0.4, 0.5) is 4.39 Å². The van der Waals surface area contributed by atoms with Gasteiger partial charge in [-0.1, -0.05) is 36.4 Å². The molecule has 22 heavy (non-hydrogen) atoms. The number of hydrogen-bond donors (Lipinski definition) is 1. The number of carbonyl (C=O) groups is 1. The molecule has 0 aliphatic carbocycles. The zero-order chi connectivity index (χ0) is 15.5. The second-order valence-corrected chi connectivity index (χ2v) is 5.24. The maximum atomic E-state index is 13.6. The summed E-state index contributed by atoms with van der Waals surface area (Å²) in [5.74, 6) is 0.0789. The van der Waals surface area contributed by atoms with Crippen LogP contribution in [-0.4, -0.2) is 5.91 Å². The molecule has 1 unspecified atom stereocenters. The summed E-state index contributed by atoms with van der Waals surface area (Å²) in [5, 5.41) is 3.83. The third-order valence-electron chi connectivity index (χ3n) is 3.56. The van der Waals surface area contributed by atoms with Crippen molar-refractivity contribution in [3.8, 4) is 0 Å². The maximum absolute atomic E-state index is 13.6. The highest BCUT2D eigenvalue weighted by Gasteiger charge is 2.15. The highest BCUT2D eigenvalue weighted by Crippen LogP contribution is 2.23. The van der Waals surface area contributed by atoms with E-state index in [0.717, 1.165) is 11.0 Å². The monoisotopic (exact) mass is 297 g/mol. The number of amides is 1. The highest BCUT2D eigenvalue weighted by molar-refractivity contribution is 5.80. The van der Waals surface area contributed by atoms with E-state index in [4.69, 9.17) is 4.42 Å². The summed E-state index contributed by atoms with van der Waals surface area (Å²) in [4.78, 5) is 12.0. The lowest BCUT2D eigenvalue weighted by molar-refractivity contribution is -0.121. The van der Waals surface area contributed by atoms with Crippen molar-refractivity contribution in [1.29, 1.82) is 0 Å². The fourth-order valence-electron chi connectivity index (χ4n) is 2.39. The molecule has 1 aromatic heterocycles. The van der Waals surface area contributed by atoms with Gasteiger partial charge in [-0.05, 0) is 30.7 Å². The number of benzene rings is 2. The molecule has 4 heteroatoms. The van der Waals surface area contributed by atoms with Crippen LogP contribution in [-0.2, 0) is 11.2 Å². The van der Waals surface area contributed by atoms with E-state index in [0.29, 0.717) is 11.3 Å². The Morgan fingerprint density at radius 3 is 2.68 bits per heavy atom. The van der Waals surface area contributed by atoms with Crippen LogP contribution in [0.1, 0.15) is 24.3 Å². The Balaban J connectivity index is 1.69. The lowest BCUT2D eigenvalue weighted by atomic mass is 10.1. The smallest absolute Gasteiger partial charge is 0.225 e. The maximum Gasteiger partial charge on any atom is 0.225 e. The molecule has 3 nitrogen and oxygen atoms in total. The average molecular weight is 297 g/mol. The van der Waals surface area contributed by atoms with Crippen molar-refractivity contribution in [2.24, 2.45) is 0 Å². The quantitative estimate of drug-likeness (QED) is 0.791. The van der Waals surface area contributed by atoms with Crippen LogP contribution in [0.5, 0.6) is 0 Å². The van der Waals surface area contributed by atoms with Gasteiger partial charge in [0, 0.05) is 5.39 Å². The Morgan fingerprint density at radius 1 is 1.18 bits per heavy atom. The van der Waals surface area contributed by atoms with Crippen molar-refractivity contribution in [2.45, 2.75) is 19.4 Å². The Kier molecular flexibility index (Phi) is 3.92. The first-order chi connectivity index (χ1) is 10.6. The molecule has 0 saturated heterocycles. The van der Waals surface area contributed by atoms with E-state index < -0.39 is 0 Å². The fourth-order valence-corrected chi connectivity index (χ4v) is 2.39. The summed E-state index contributed by atoms with van der Waals surface area (Å²) in [6, 6.07) is 15.6.